The van der Waals surface area contributed by atoms with E-state index in [2.05, 4.69) is 35.3 Å². The van der Waals surface area contributed by atoms with E-state index in [9.17, 15) is 13.2 Å². The number of aryl methyl sites for hydroxylation is 1. The van der Waals surface area contributed by atoms with Gasteiger partial charge in [0.1, 0.15) is 0 Å². The lowest BCUT2D eigenvalue weighted by Crippen LogP contribution is -2.48. The molecule has 1 heterocycles. The van der Waals surface area contributed by atoms with Crippen LogP contribution < -0.4 is 10.2 Å². The van der Waals surface area contributed by atoms with Gasteiger partial charge >= 0.3 is 0 Å². The molecule has 1 aliphatic heterocycles. The molecule has 2 aliphatic rings. The van der Waals surface area contributed by atoms with Crippen LogP contribution in [0.5, 0.6) is 0 Å². The van der Waals surface area contributed by atoms with Crippen molar-refractivity contribution < 1.29 is 13.2 Å². The molecule has 2 aromatic carbocycles. The van der Waals surface area contributed by atoms with Gasteiger partial charge in [-0.3, -0.25) is 4.79 Å². The third kappa shape index (κ3) is 4.05. The first-order chi connectivity index (χ1) is 13.4. The first-order valence-corrected chi connectivity index (χ1v) is 11.1. The van der Waals surface area contributed by atoms with Crippen molar-refractivity contribution in [3.05, 3.63) is 59.7 Å². The fraction of sp³-hybridized carbons (Fsp3) is 0.381. The Morgan fingerprint density at radius 1 is 1.00 bits per heavy atom. The highest BCUT2D eigenvalue weighted by Crippen LogP contribution is 2.23. The Balaban J connectivity index is 1.46. The summed E-state index contributed by atoms with van der Waals surface area (Å²) in [6, 6.07) is 14.8. The first kappa shape index (κ1) is 19.0. The van der Waals surface area contributed by atoms with Crippen molar-refractivity contribution in [2.24, 2.45) is 0 Å². The number of piperazine rings is 1. The van der Waals surface area contributed by atoms with Gasteiger partial charge < -0.3 is 10.2 Å². The topological polar surface area (TPSA) is 69.7 Å². The maximum atomic E-state index is 13.1. The Bertz CT molecular complexity index is 978. The Morgan fingerprint density at radius 2 is 1.71 bits per heavy atom. The molecule has 0 unspecified atom stereocenters. The Kier molecular flexibility index (Phi) is 5.12. The number of hydrogen-bond acceptors (Lipinski definition) is 4. The smallest absolute Gasteiger partial charge is 0.251 e. The third-order valence-electron chi connectivity index (χ3n) is 5.25. The van der Waals surface area contributed by atoms with Crippen LogP contribution in [0.25, 0.3) is 0 Å². The zero-order valence-electron chi connectivity index (χ0n) is 16.0. The number of carbonyl (C=O) groups is 1. The van der Waals surface area contributed by atoms with Gasteiger partial charge in [0.15, 0.2) is 0 Å². The number of rotatable bonds is 5. The van der Waals surface area contributed by atoms with Crippen LogP contribution in [-0.2, 0) is 10.0 Å². The summed E-state index contributed by atoms with van der Waals surface area (Å²) in [7, 11) is -3.62. The number of benzene rings is 2. The standard InChI is InChI=1S/C21H25N3O3S/c1-16-4-2-6-19(14-16)23-10-12-24(13-11-23)28(26,27)20-7-3-5-17(15-20)21(25)22-18-8-9-18/h2-7,14-15,18H,8-13H2,1H3,(H,22,25). The van der Waals surface area contributed by atoms with Crippen LogP contribution in [0.2, 0.25) is 0 Å². The number of nitrogens with one attached hydrogen (secondary N) is 1. The third-order valence-corrected chi connectivity index (χ3v) is 7.15. The number of anilines is 1. The number of amides is 1. The van der Waals surface area contributed by atoms with E-state index < -0.39 is 10.0 Å². The molecule has 2 aromatic rings. The van der Waals surface area contributed by atoms with Crippen LogP contribution in [0.4, 0.5) is 5.69 Å². The van der Waals surface area contributed by atoms with Gasteiger partial charge in [-0.1, -0.05) is 18.2 Å². The van der Waals surface area contributed by atoms with Gasteiger partial charge in [0.05, 0.1) is 4.90 Å². The lowest BCUT2D eigenvalue weighted by atomic mass is 10.2. The summed E-state index contributed by atoms with van der Waals surface area (Å²) < 4.78 is 27.7. The van der Waals surface area contributed by atoms with Crippen molar-refractivity contribution in [1.29, 1.82) is 0 Å². The summed E-state index contributed by atoms with van der Waals surface area (Å²) in [5.41, 5.74) is 2.70. The minimum atomic E-state index is -3.62. The molecule has 0 radical (unpaired) electrons. The molecule has 0 atom stereocenters. The molecule has 1 aliphatic carbocycles. The largest absolute Gasteiger partial charge is 0.369 e. The molecular weight excluding hydrogens is 374 g/mol. The minimum absolute atomic E-state index is 0.181. The molecule has 0 aromatic heterocycles. The van der Waals surface area contributed by atoms with Crippen molar-refractivity contribution in [2.45, 2.75) is 30.7 Å². The maximum Gasteiger partial charge on any atom is 0.251 e. The molecule has 148 valence electrons. The number of sulfonamides is 1. The molecule has 1 amide bonds. The highest BCUT2D eigenvalue weighted by molar-refractivity contribution is 7.89. The van der Waals surface area contributed by atoms with Gasteiger partial charge in [0, 0.05) is 43.5 Å². The fourth-order valence-electron chi connectivity index (χ4n) is 3.45. The van der Waals surface area contributed by atoms with E-state index in [1.807, 2.05) is 6.07 Å². The molecule has 1 N–H and O–H groups in total. The average Bonchev–Trinajstić information content (AvgIpc) is 3.52. The van der Waals surface area contributed by atoms with Crippen molar-refractivity contribution in [3.63, 3.8) is 0 Å². The zero-order valence-corrected chi connectivity index (χ0v) is 16.8. The Labute approximate surface area is 166 Å². The molecule has 28 heavy (non-hydrogen) atoms. The normalized spacial score (nSPS) is 18.1. The van der Waals surface area contributed by atoms with Gasteiger partial charge in [-0.15, -0.1) is 0 Å². The van der Waals surface area contributed by atoms with Gasteiger partial charge in [-0.2, -0.15) is 4.31 Å². The Hall–Kier alpha value is -2.38. The summed E-state index contributed by atoms with van der Waals surface area (Å²) in [4.78, 5) is 14.6. The average molecular weight is 400 g/mol. The zero-order chi connectivity index (χ0) is 19.7. The SMILES string of the molecule is Cc1cccc(N2CCN(S(=O)(=O)c3cccc(C(=O)NC4CC4)c3)CC2)c1. The number of nitrogens with zero attached hydrogens (tertiary/aromatic N) is 2. The lowest BCUT2D eigenvalue weighted by molar-refractivity contribution is 0.0951. The number of carbonyl (C=O) groups excluding carboxylic acids is 1. The highest BCUT2D eigenvalue weighted by atomic mass is 32.2. The molecular formula is C21H25N3O3S. The van der Waals surface area contributed by atoms with E-state index in [0.717, 1.165) is 18.5 Å². The highest BCUT2D eigenvalue weighted by Gasteiger charge is 2.30. The molecule has 4 rings (SSSR count). The van der Waals surface area contributed by atoms with E-state index in [1.165, 1.54) is 15.9 Å². The van der Waals surface area contributed by atoms with E-state index >= 15 is 0 Å². The van der Waals surface area contributed by atoms with Crippen molar-refractivity contribution in [1.82, 2.24) is 9.62 Å². The second-order valence-electron chi connectivity index (χ2n) is 7.51. The molecule has 6 nitrogen and oxygen atoms in total. The van der Waals surface area contributed by atoms with Gasteiger partial charge in [0.2, 0.25) is 10.0 Å². The van der Waals surface area contributed by atoms with E-state index in [4.69, 9.17) is 0 Å². The molecule has 0 spiro atoms. The molecule has 7 heteroatoms. The van der Waals surface area contributed by atoms with Gasteiger partial charge in [-0.05, 0) is 55.7 Å². The van der Waals surface area contributed by atoms with Crippen molar-refractivity contribution >= 4 is 21.6 Å². The maximum absolute atomic E-state index is 13.1. The minimum Gasteiger partial charge on any atom is -0.369 e. The summed E-state index contributed by atoms with van der Waals surface area (Å²) in [5, 5.41) is 2.90. The molecule has 1 saturated heterocycles. The second-order valence-corrected chi connectivity index (χ2v) is 9.44. The quantitative estimate of drug-likeness (QED) is 0.838. The summed E-state index contributed by atoms with van der Waals surface area (Å²) in [6.45, 7) is 4.19. The van der Waals surface area contributed by atoms with Crippen LogP contribution in [-0.4, -0.2) is 50.9 Å². The second kappa shape index (κ2) is 7.56. The molecule has 0 bridgehead atoms. The predicted octanol–water partition coefficient (Wildman–Crippen LogP) is 2.40. The lowest BCUT2D eigenvalue weighted by Gasteiger charge is -2.35. The van der Waals surface area contributed by atoms with Gasteiger partial charge in [0.25, 0.3) is 5.91 Å². The Morgan fingerprint density at radius 3 is 2.39 bits per heavy atom. The van der Waals surface area contributed by atoms with Crippen molar-refractivity contribution in [3.8, 4) is 0 Å². The molecule has 2 fully saturated rings. The first-order valence-electron chi connectivity index (χ1n) is 9.66. The summed E-state index contributed by atoms with van der Waals surface area (Å²) in [5.74, 6) is -0.205. The fourth-order valence-corrected chi connectivity index (χ4v) is 4.92. The van der Waals surface area contributed by atoms with Crippen LogP contribution in [0.1, 0.15) is 28.8 Å². The van der Waals surface area contributed by atoms with E-state index in [0.29, 0.717) is 31.7 Å². The van der Waals surface area contributed by atoms with E-state index in [1.54, 1.807) is 18.2 Å². The van der Waals surface area contributed by atoms with E-state index in [-0.39, 0.29) is 16.8 Å². The van der Waals surface area contributed by atoms with Crippen LogP contribution in [0, 0.1) is 6.92 Å². The predicted molar refractivity (Wildman–Crippen MR) is 109 cm³/mol. The van der Waals surface area contributed by atoms with Crippen LogP contribution in [0.15, 0.2) is 53.4 Å². The number of hydrogen-bond donors (Lipinski definition) is 1. The monoisotopic (exact) mass is 399 g/mol. The molecule has 1 saturated carbocycles. The van der Waals surface area contributed by atoms with Crippen LogP contribution in [0.3, 0.4) is 0 Å². The van der Waals surface area contributed by atoms with Crippen molar-refractivity contribution in [2.75, 3.05) is 31.1 Å². The summed E-state index contributed by atoms with van der Waals surface area (Å²) >= 11 is 0. The van der Waals surface area contributed by atoms with Gasteiger partial charge in [-0.25, -0.2) is 8.42 Å². The summed E-state index contributed by atoms with van der Waals surface area (Å²) in [6.07, 6.45) is 1.99. The van der Waals surface area contributed by atoms with Crippen LogP contribution >= 0.6 is 0 Å².